The van der Waals surface area contributed by atoms with Gasteiger partial charge in [-0.2, -0.15) is 0 Å². The van der Waals surface area contributed by atoms with Crippen LogP contribution >= 0.6 is 0 Å². The van der Waals surface area contributed by atoms with Crippen molar-refractivity contribution in [1.82, 2.24) is 36.2 Å². The fourth-order valence-corrected chi connectivity index (χ4v) is 11.3. The minimum Gasteiger partial charge on any atom is -0.507 e. The number of rotatable bonds is 17. The average Bonchev–Trinajstić information content (AvgIpc) is 0.832. The van der Waals surface area contributed by atoms with Gasteiger partial charge in [-0.1, -0.05) is 82.1 Å². The lowest BCUT2D eigenvalue weighted by Crippen LogP contribution is -2.51. The van der Waals surface area contributed by atoms with E-state index in [4.69, 9.17) is 40.6 Å². The van der Waals surface area contributed by atoms with E-state index < -0.39 is 52.1 Å². The second-order valence-electron chi connectivity index (χ2n) is 25.2. The number of methoxy groups -OCH3 is 2. The van der Waals surface area contributed by atoms with Crippen LogP contribution in [0, 0.1) is 11.6 Å². The highest BCUT2D eigenvalue weighted by Gasteiger charge is 2.30. The summed E-state index contributed by atoms with van der Waals surface area (Å²) in [6.45, 7) is 7.57. The summed E-state index contributed by atoms with van der Waals surface area (Å²) in [5, 5.41) is 39.3. The van der Waals surface area contributed by atoms with Crippen molar-refractivity contribution in [2.45, 2.75) is 166 Å². The van der Waals surface area contributed by atoms with Crippen LogP contribution in [-0.4, -0.2) is 140 Å². The molecule has 544 valence electrons. The number of alkyl carbamates (subject to hydrolysis) is 1. The fourth-order valence-electron chi connectivity index (χ4n) is 11.3. The highest BCUT2D eigenvalue weighted by atomic mass is 19.1. The molecule has 3 aromatic heterocycles. The Morgan fingerprint density at radius 3 is 1.17 bits per heavy atom. The molecule has 0 unspecified atom stereocenters. The first-order chi connectivity index (χ1) is 48.8. The highest BCUT2D eigenvalue weighted by molar-refractivity contribution is 6.12. The highest BCUT2D eigenvalue weighted by Crippen LogP contribution is 2.33. The lowest BCUT2D eigenvalue weighted by molar-refractivity contribution is 0.0492. The second kappa shape index (κ2) is 40.5. The lowest BCUT2D eigenvalue weighted by atomic mass is 9.99. The van der Waals surface area contributed by atoms with Gasteiger partial charge in [0.15, 0.2) is 34.7 Å². The number of hydrogen-bond acceptors (Lipinski definition) is 18. The van der Waals surface area contributed by atoms with Crippen LogP contribution in [0.5, 0.6) is 23.0 Å². The number of nitrogens with two attached hydrogens (primary N) is 2. The molecule has 7 aromatic rings. The molecule has 3 aliphatic rings. The molecule has 0 spiro atoms. The predicted molar refractivity (Wildman–Crippen MR) is 377 cm³/mol. The van der Waals surface area contributed by atoms with Gasteiger partial charge in [0.05, 0.1) is 32.0 Å². The number of ketones is 2. The number of aromatic hydroxyl groups is 1. The standard InChI is InChI=1S/C28H28FN3O5.C17H15FO5.C13H19N3O.C12H24N2O2.C6H5NO2/c1-37-23-12-11-22(33)24(25(23)29)26(34)17-7-9-18(10-8-17)27(35)31-20-5-3-2-4-6-21(20)32-28(36)19-13-15-30-16-14-19;1-3-23-12-8-9-13(22-2)15(18)14(12)16(19)10-4-6-11(7-5-10)17(20)21;14-11-4-2-1-3-5-12(11)16-13(17)10-6-8-15-9-7-10;1-12(2,3)16-11(15)14-10-8-6-4-5-7-9(10)13;8-6(9)5-1-3-7-4-2-5/h7-16,20-21,33H,2-6H2,1H3,(H,31,35)(H,32,36);4-9H,3H2,1-2H3,(H,20,21);6-9,11-12H,1-5,14H2,(H,16,17);9-10H,4-8,13H2,1-3H3,(H,14,15);1-4H,(H,8,9)/t20-,21-;;11-,12-;9-,10-;/m1.11./s1. The van der Waals surface area contributed by atoms with Crippen molar-refractivity contribution >= 4 is 47.3 Å². The van der Waals surface area contributed by atoms with Crippen LogP contribution < -0.4 is 46.9 Å². The van der Waals surface area contributed by atoms with E-state index in [1.165, 1.54) is 131 Å². The minimum atomic E-state index is -1.11. The molecule has 0 aliphatic heterocycles. The van der Waals surface area contributed by atoms with E-state index in [9.17, 15) is 52.2 Å². The van der Waals surface area contributed by atoms with E-state index in [1.54, 1.807) is 56.0 Å². The maximum absolute atomic E-state index is 14.6. The number of carbonyl (C=O) groups excluding carboxylic acids is 6. The van der Waals surface area contributed by atoms with E-state index in [0.29, 0.717) is 16.7 Å². The third kappa shape index (κ3) is 24.9. The first-order valence-electron chi connectivity index (χ1n) is 33.8. The van der Waals surface area contributed by atoms with Crippen molar-refractivity contribution in [3.63, 3.8) is 0 Å². The topological polar surface area (TPSA) is 373 Å². The predicted octanol–water partition coefficient (Wildman–Crippen LogP) is 11.6. The zero-order chi connectivity index (χ0) is 74.3. The lowest BCUT2D eigenvalue weighted by Gasteiger charge is -2.27. The quantitative estimate of drug-likeness (QED) is 0.0302. The van der Waals surface area contributed by atoms with E-state index in [1.807, 2.05) is 20.8 Å². The molecule has 0 radical (unpaired) electrons. The zero-order valence-corrected chi connectivity index (χ0v) is 58.1. The summed E-state index contributed by atoms with van der Waals surface area (Å²) in [5.41, 5.74) is 13.0. The largest absolute Gasteiger partial charge is 0.507 e. The minimum absolute atomic E-state index is 0.0395. The Bertz CT molecular complexity index is 3890. The zero-order valence-electron chi connectivity index (χ0n) is 58.1. The maximum Gasteiger partial charge on any atom is 0.407 e. The number of ether oxygens (including phenoxy) is 4. The summed E-state index contributed by atoms with van der Waals surface area (Å²) in [7, 11) is 2.56. The van der Waals surface area contributed by atoms with Crippen LogP contribution in [0.1, 0.15) is 208 Å². The van der Waals surface area contributed by atoms with Crippen molar-refractivity contribution < 1.29 is 81.4 Å². The Balaban J connectivity index is 0.000000216. The number of phenols is 1. The summed E-state index contributed by atoms with van der Waals surface area (Å²) in [6, 6.07) is 25.7. The van der Waals surface area contributed by atoms with Gasteiger partial charge in [-0.15, -0.1) is 0 Å². The van der Waals surface area contributed by atoms with Gasteiger partial charge in [0.25, 0.3) is 17.7 Å². The molecule has 11 N–H and O–H groups in total. The van der Waals surface area contributed by atoms with E-state index in [2.05, 4.69) is 36.2 Å². The van der Waals surface area contributed by atoms with Gasteiger partial charge in [-0.3, -0.25) is 38.9 Å². The van der Waals surface area contributed by atoms with Crippen molar-refractivity contribution in [2.24, 2.45) is 11.5 Å². The molecule has 102 heavy (non-hydrogen) atoms. The molecule has 26 heteroatoms. The van der Waals surface area contributed by atoms with Crippen LogP contribution in [0.2, 0.25) is 0 Å². The van der Waals surface area contributed by atoms with Gasteiger partial charge in [0.2, 0.25) is 0 Å². The summed E-state index contributed by atoms with van der Waals surface area (Å²) in [4.78, 5) is 107. The first kappa shape index (κ1) is 80.2. The number of aromatic nitrogens is 3. The van der Waals surface area contributed by atoms with Crippen LogP contribution in [0.25, 0.3) is 0 Å². The SMILES string of the molecule is CC(C)(C)OC(=O)N[C@@H]1CCCCC[C@H]1N.CCOc1ccc(OC)c(F)c1C(=O)c1ccc(C(=O)O)cc1.COc1ccc(O)c(C(=O)c2ccc(C(=O)N[C@@H]3CCCCC[C@H]3NC(=O)c3ccncc3)cc2)c1F.N[C@@H]1CCCCC[C@H]1NC(=O)c1ccncc1.O=C(O)c1ccncc1. The normalized spacial score (nSPS) is 17.8. The number of phenolic OH excluding ortho intramolecular Hbond substituents is 1. The number of nitrogens with one attached hydrogen (secondary N) is 4. The van der Waals surface area contributed by atoms with Gasteiger partial charge in [-0.05, 0) is 151 Å². The number of amides is 4. The molecule has 0 saturated heterocycles. The smallest absolute Gasteiger partial charge is 0.407 e. The van der Waals surface area contributed by atoms with Gasteiger partial charge in [0.1, 0.15) is 28.2 Å². The van der Waals surface area contributed by atoms with Crippen molar-refractivity contribution in [2.75, 3.05) is 20.8 Å². The third-order valence-corrected chi connectivity index (χ3v) is 16.8. The maximum atomic E-state index is 14.6. The van der Waals surface area contributed by atoms with Crippen molar-refractivity contribution in [3.05, 3.63) is 208 Å². The molecule has 24 nitrogen and oxygen atoms in total. The first-order valence-corrected chi connectivity index (χ1v) is 33.8. The van der Waals surface area contributed by atoms with Crippen LogP contribution in [0.4, 0.5) is 13.6 Å². The summed E-state index contributed by atoms with van der Waals surface area (Å²) < 4.78 is 49.4. The van der Waals surface area contributed by atoms with E-state index in [0.717, 1.165) is 77.0 Å². The van der Waals surface area contributed by atoms with Gasteiger partial charge < -0.3 is 67.0 Å². The third-order valence-electron chi connectivity index (χ3n) is 16.8. The summed E-state index contributed by atoms with van der Waals surface area (Å²) in [6.07, 6.45) is 24.2. The number of carboxylic acid groups (broad SMARTS) is 2. The Labute approximate surface area is 591 Å². The summed E-state index contributed by atoms with van der Waals surface area (Å²) >= 11 is 0. The fraction of sp³-hybridized carbons (Fsp3) is 0.382. The number of carbonyl (C=O) groups is 8. The van der Waals surface area contributed by atoms with E-state index in [-0.39, 0.29) is 112 Å². The Kier molecular flexibility index (Phi) is 31.9. The number of benzene rings is 4. The van der Waals surface area contributed by atoms with Gasteiger partial charge in [-0.25, -0.2) is 23.2 Å². The molecule has 4 aromatic carbocycles. The van der Waals surface area contributed by atoms with Crippen LogP contribution in [-0.2, 0) is 4.74 Å². The number of nitrogens with zero attached hydrogens (tertiary/aromatic N) is 3. The van der Waals surface area contributed by atoms with Crippen LogP contribution in [0.15, 0.2) is 146 Å². The Morgan fingerprint density at radius 1 is 0.441 bits per heavy atom. The molecule has 3 fully saturated rings. The Morgan fingerprint density at radius 2 is 0.765 bits per heavy atom. The molecule has 3 heterocycles. The van der Waals surface area contributed by atoms with Crippen LogP contribution in [0.3, 0.4) is 0 Å². The molecule has 10 rings (SSSR count). The molecule has 3 aliphatic carbocycles. The Hall–Kier alpha value is -10.7. The number of halogens is 2. The van der Waals surface area contributed by atoms with Crippen molar-refractivity contribution in [1.29, 1.82) is 0 Å². The summed E-state index contributed by atoms with van der Waals surface area (Å²) in [5.74, 6) is -6.37. The van der Waals surface area contributed by atoms with Gasteiger partial charge >= 0.3 is 18.0 Å². The molecule has 0 bridgehead atoms. The number of pyridine rings is 3. The second-order valence-corrected chi connectivity index (χ2v) is 25.2. The number of hydrogen-bond donors (Lipinski definition) is 9. The molecule has 4 amide bonds. The molecule has 3 saturated carbocycles. The van der Waals surface area contributed by atoms with Gasteiger partial charge in [0, 0.05) is 101 Å². The van der Waals surface area contributed by atoms with Crippen molar-refractivity contribution in [3.8, 4) is 23.0 Å². The molecular formula is C76H91F2N9O15. The average molecular weight is 1410 g/mol. The number of carboxylic acids is 2. The number of aromatic carboxylic acids is 2. The van der Waals surface area contributed by atoms with E-state index >= 15 is 0 Å². The molecule has 6 atom stereocenters. The molecular weight excluding hydrogens is 1320 g/mol. The monoisotopic (exact) mass is 1410 g/mol.